The van der Waals surface area contributed by atoms with Crippen molar-refractivity contribution in [3.63, 3.8) is 0 Å². The molecule has 0 radical (unpaired) electrons. The quantitative estimate of drug-likeness (QED) is 0.627. The van der Waals surface area contributed by atoms with Crippen LogP contribution in [0, 0.1) is 0 Å². The Hall–Kier alpha value is -1.63. The Morgan fingerprint density at radius 1 is 1.17 bits per heavy atom. The molecule has 0 aliphatic carbocycles. The maximum absolute atomic E-state index is 12.7. The number of carbonyl (C=O) groups is 1. The minimum absolute atomic E-state index is 0.0594. The number of hydrogen-bond acceptors (Lipinski definition) is 3. The molecule has 0 saturated carbocycles. The molecule has 0 spiro atoms. The molecule has 0 fully saturated rings. The first-order valence-electron chi connectivity index (χ1n) is 7.64. The van der Waals surface area contributed by atoms with Crippen LogP contribution in [-0.4, -0.2) is 49.7 Å². The average Bonchev–Trinajstić information content (AvgIpc) is 2.55. The molecule has 0 heterocycles. The molecule has 1 rings (SSSR count). The van der Waals surface area contributed by atoms with Gasteiger partial charge in [-0.15, -0.1) is 13.2 Å². The summed E-state index contributed by atoms with van der Waals surface area (Å²) in [4.78, 5) is 14.1. The minimum Gasteiger partial charge on any atom is -0.331 e. The molecular weight excluding hydrogens is 348 g/mol. The van der Waals surface area contributed by atoms with E-state index in [4.69, 9.17) is 11.6 Å². The Labute approximate surface area is 149 Å². The smallest absolute Gasteiger partial charge is 0.254 e. The highest BCUT2D eigenvalue weighted by Crippen LogP contribution is 2.26. The Kier molecular flexibility index (Phi) is 7.66. The molecule has 0 unspecified atom stereocenters. The van der Waals surface area contributed by atoms with Gasteiger partial charge < -0.3 is 4.90 Å². The van der Waals surface area contributed by atoms with Crippen LogP contribution >= 0.6 is 11.6 Å². The third kappa shape index (κ3) is 4.47. The lowest BCUT2D eigenvalue weighted by Gasteiger charge is -2.22. The monoisotopic (exact) mass is 370 g/mol. The summed E-state index contributed by atoms with van der Waals surface area (Å²) >= 11 is 6.08. The van der Waals surface area contributed by atoms with Crippen LogP contribution in [0.3, 0.4) is 0 Å². The summed E-state index contributed by atoms with van der Waals surface area (Å²) < 4.78 is 26.7. The molecule has 0 aliphatic heterocycles. The van der Waals surface area contributed by atoms with E-state index in [0.717, 1.165) is 0 Å². The maximum atomic E-state index is 12.7. The van der Waals surface area contributed by atoms with Crippen LogP contribution in [0.1, 0.15) is 24.2 Å². The van der Waals surface area contributed by atoms with Crippen LogP contribution < -0.4 is 0 Å². The number of carbonyl (C=O) groups excluding carboxylic acids is 1. The predicted molar refractivity (Wildman–Crippen MR) is 97.9 cm³/mol. The van der Waals surface area contributed by atoms with Gasteiger partial charge in [0.15, 0.2) is 0 Å². The molecule has 132 valence electrons. The molecular formula is C17H23ClN2O3S. The van der Waals surface area contributed by atoms with E-state index in [9.17, 15) is 13.2 Å². The topological polar surface area (TPSA) is 57.7 Å². The van der Waals surface area contributed by atoms with Crippen LogP contribution in [0.25, 0.3) is 0 Å². The SMILES string of the molecule is C=CCN(CC=C)C(=O)c1ccc(Cl)c(S(=O)(=O)N(CC)CC)c1. The second-order valence-corrected chi connectivity index (χ2v) is 7.34. The van der Waals surface area contributed by atoms with E-state index in [-0.39, 0.29) is 21.4 Å². The van der Waals surface area contributed by atoms with Crippen LogP contribution in [-0.2, 0) is 10.0 Å². The van der Waals surface area contributed by atoms with Gasteiger partial charge in [0, 0.05) is 31.7 Å². The van der Waals surface area contributed by atoms with Crippen LogP contribution in [0.15, 0.2) is 48.4 Å². The lowest BCUT2D eigenvalue weighted by atomic mass is 10.2. The molecule has 0 aliphatic rings. The fraction of sp³-hybridized carbons (Fsp3) is 0.353. The van der Waals surface area contributed by atoms with Gasteiger partial charge in [0.1, 0.15) is 4.90 Å². The highest BCUT2D eigenvalue weighted by molar-refractivity contribution is 7.89. The summed E-state index contributed by atoms with van der Waals surface area (Å²) in [5.74, 6) is -0.303. The zero-order valence-electron chi connectivity index (χ0n) is 14.0. The third-order valence-electron chi connectivity index (χ3n) is 3.49. The highest BCUT2D eigenvalue weighted by Gasteiger charge is 2.26. The molecule has 1 aromatic rings. The van der Waals surface area contributed by atoms with Crippen molar-refractivity contribution >= 4 is 27.5 Å². The molecule has 0 atom stereocenters. The summed E-state index contributed by atoms with van der Waals surface area (Å²) in [6.07, 6.45) is 3.20. The van der Waals surface area contributed by atoms with Gasteiger partial charge in [-0.25, -0.2) is 8.42 Å². The van der Waals surface area contributed by atoms with Gasteiger partial charge in [0.2, 0.25) is 10.0 Å². The zero-order chi connectivity index (χ0) is 18.3. The summed E-state index contributed by atoms with van der Waals surface area (Å²) in [5, 5.41) is 0.0949. The maximum Gasteiger partial charge on any atom is 0.254 e. The summed E-state index contributed by atoms with van der Waals surface area (Å²) in [6.45, 7) is 12.1. The predicted octanol–water partition coefficient (Wildman–Crippen LogP) is 3.18. The molecule has 0 bridgehead atoms. The molecule has 5 nitrogen and oxygen atoms in total. The van der Waals surface area contributed by atoms with Crippen molar-refractivity contribution in [1.82, 2.24) is 9.21 Å². The van der Waals surface area contributed by atoms with E-state index in [1.165, 1.54) is 27.4 Å². The van der Waals surface area contributed by atoms with Crippen LogP contribution in [0.5, 0.6) is 0 Å². The van der Waals surface area contributed by atoms with Crippen molar-refractivity contribution < 1.29 is 13.2 Å². The summed E-state index contributed by atoms with van der Waals surface area (Å²) in [7, 11) is -3.75. The molecule has 0 N–H and O–H groups in total. The summed E-state index contributed by atoms with van der Waals surface area (Å²) in [6, 6.07) is 4.29. The van der Waals surface area contributed by atoms with E-state index in [0.29, 0.717) is 26.2 Å². The van der Waals surface area contributed by atoms with Crippen LogP contribution in [0.2, 0.25) is 5.02 Å². The van der Waals surface area contributed by atoms with Gasteiger partial charge in [-0.1, -0.05) is 37.6 Å². The van der Waals surface area contributed by atoms with E-state index in [2.05, 4.69) is 13.2 Å². The minimum atomic E-state index is -3.75. The number of benzene rings is 1. The van der Waals surface area contributed by atoms with Gasteiger partial charge in [-0.2, -0.15) is 4.31 Å². The summed E-state index contributed by atoms with van der Waals surface area (Å²) in [5.41, 5.74) is 0.258. The van der Waals surface area contributed by atoms with E-state index in [1.54, 1.807) is 26.0 Å². The van der Waals surface area contributed by atoms with Gasteiger partial charge in [-0.05, 0) is 18.2 Å². The first kappa shape index (κ1) is 20.4. The number of hydrogen-bond donors (Lipinski definition) is 0. The molecule has 0 saturated heterocycles. The van der Waals surface area contributed by atoms with Gasteiger partial charge in [-0.3, -0.25) is 4.79 Å². The lowest BCUT2D eigenvalue weighted by molar-refractivity contribution is 0.0790. The van der Waals surface area contributed by atoms with Crippen molar-refractivity contribution in [3.8, 4) is 0 Å². The van der Waals surface area contributed by atoms with Crippen molar-refractivity contribution in [2.24, 2.45) is 0 Å². The zero-order valence-corrected chi connectivity index (χ0v) is 15.6. The Morgan fingerprint density at radius 2 is 1.71 bits per heavy atom. The standard InChI is InChI=1S/C17H23ClN2O3S/c1-5-11-19(12-6-2)17(21)14-9-10-15(18)16(13-14)24(22,23)20(7-3)8-4/h5-6,9-10,13H,1-2,7-8,11-12H2,3-4H3. The molecule has 7 heteroatoms. The van der Waals surface area contributed by atoms with Crippen molar-refractivity contribution in [2.75, 3.05) is 26.2 Å². The van der Waals surface area contributed by atoms with E-state index in [1.807, 2.05) is 0 Å². The van der Waals surface area contributed by atoms with Gasteiger partial charge >= 0.3 is 0 Å². The second-order valence-electron chi connectivity index (χ2n) is 5.02. The fourth-order valence-electron chi connectivity index (χ4n) is 2.27. The number of nitrogens with zero attached hydrogens (tertiary/aromatic N) is 2. The molecule has 24 heavy (non-hydrogen) atoms. The molecule has 1 aromatic carbocycles. The van der Waals surface area contributed by atoms with E-state index < -0.39 is 10.0 Å². The molecule has 1 amide bonds. The average molecular weight is 371 g/mol. The first-order valence-corrected chi connectivity index (χ1v) is 9.45. The normalized spacial score (nSPS) is 11.3. The van der Waals surface area contributed by atoms with Gasteiger partial charge in [0.25, 0.3) is 5.91 Å². The number of halogens is 1. The van der Waals surface area contributed by atoms with E-state index >= 15 is 0 Å². The largest absolute Gasteiger partial charge is 0.331 e. The number of sulfonamides is 1. The molecule has 0 aromatic heterocycles. The van der Waals surface area contributed by atoms with Crippen molar-refractivity contribution in [2.45, 2.75) is 18.7 Å². The lowest BCUT2D eigenvalue weighted by Crippen LogP contribution is -2.33. The highest BCUT2D eigenvalue weighted by atomic mass is 35.5. The second kappa shape index (κ2) is 9.01. The Balaban J connectivity index is 3.34. The fourth-order valence-corrected chi connectivity index (χ4v) is 4.23. The number of amides is 1. The van der Waals surface area contributed by atoms with Crippen molar-refractivity contribution in [3.05, 3.63) is 54.1 Å². The first-order chi connectivity index (χ1) is 11.3. The third-order valence-corrected chi connectivity index (χ3v) is 6.02. The number of rotatable bonds is 9. The Bertz CT molecular complexity index is 703. The van der Waals surface area contributed by atoms with Crippen molar-refractivity contribution in [1.29, 1.82) is 0 Å². The van der Waals surface area contributed by atoms with Crippen LogP contribution in [0.4, 0.5) is 0 Å². The van der Waals surface area contributed by atoms with Gasteiger partial charge in [0.05, 0.1) is 5.02 Å². The Morgan fingerprint density at radius 3 is 2.17 bits per heavy atom.